The van der Waals surface area contributed by atoms with Gasteiger partial charge < -0.3 is 10.1 Å². The smallest absolute Gasteiger partial charge is 0.276 e. The molecule has 2 rings (SSSR count). The van der Waals surface area contributed by atoms with Gasteiger partial charge in [0.05, 0.1) is 0 Å². The van der Waals surface area contributed by atoms with Crippen LogP contribution in [0.15, 0.2) is 30.0 Å². The molecule has 1 aliphatic heterocycles. The van der Waals surface area contributed by atoms with Crippen molar-refractivity contribution in [1.29, 1.82) is 0 Å². The minimum atomic E-state index is -0.0884. The molecule has 1 N–H and O–H groups in total. The Hall–Kier alpha value is -2.32. The summed E-state index contributed by atoms with van der Waals surface area (Å²) in [5, 5.41) is 3.41. The van der Waals surface area contributed by atoms with Crippen LogP contribution in [0.2, 0.25) is 0 Å². The Bertz CT molecular complexity index is 614. The molecule has 1 heterocycles. The van der Waals surface area contributed by atoms with Crippen molar-refractivity contribution in [3.63, 3.8) is 0 Å². The van der Waals surface area contributed by atoms with E-state index in [1.807, 2.05) is 31.2 Å². The standard InChI is InChI=1S/C16H16N2O2S/c1-3-9-18-15(19)14(17-16(18)21)11-12-5-7-13(8-6-12)20-10-4-2/h2,5-8,11H,3,9-10H2,1H3,(H,17,21)/b14-11-. The average Bonchev–Trinajstić information content (AvgIpc) is 2.75. The van der Waals surface area contributed by atoms with Crippen LogP contribution in [0.5, 0.6) is 5.75 Å². The van der Waals surface area contributed by atoms with Crippen molar-refractivity contribution in [2.24, 2.45) is 0 Å². The quantitative estimate of drug-likeness (QED) is 0.514. The van der Waals surface area contributed by atoms with Crippen molar-refractivity contribution in [1.82, 2.24) is 10.2 Å². The second kappa shape index (κ2) is 6.91. The molecule has 4 nitrogen and oxygen atoms in total. The fourth-order valence-electron chi connectivity index (χ4n) is 1.95. The number of carbonyl (C=O) groups excluding carboxylic acids is 1. The molecule has 0 bridgehead atoms. The number of rotatable bonds is 5. The number of terminal acetylenes is 1. The first-order valence-electron chi connectivity index (χ1n) is 6.66. The zero-order valence-corrected chi connectivity index (χ0v) is 12.6. The highest BCUT2D eigenvalue weighted by molar-refractivity contribution is 7.80. The van der Waals surface area contributed by atoms with Crippen LogP contribution in [0.25, 0.3) is 6.08 Å². The maximum Gasteiger partial charge on any atom is 0.276 e. The molecule has 5 heteroatoms. The summed E-state index contributed by atoms with van der Waals surface area (Å²) in [7, 11) is 0. The van der Waals surface area contributed by atoms with Gasteiger partial charge in [-0.2, -0.15) is 0 Å². The summed E-state index contributed by atoms with van der Waals surface area (Å²) in [5.41, 5.74) is 1.38. The molecule has 0 aliphatic carbocycles. The van der Waals surface area contributed by atoms with Gasteiger partial charge in [0.25, 0.3) is 5.91 Å². The number of hydrogen-bond acceptors (Lipinski definition) is 3. The maximum atomic E-state index is 12.2. The van der Waals surface area contributed by atoms with Gasteiger partial charge in [-0.05, 0) is 42.4 Å². The average molecular weight is 300 g/mol. The second-order valence-corrected chi connectivity index (χ2v) is 4.89. The molecule has 0 aromatic heterocycles. The summed E-state index contributed by atoms with van der Waals surface area (Å²) in [4.78, 5) is 13.8. The number of nitrogens with zero attached hydrogens (tertiary/aromatic N) is 1. The SMILES string of the molecule is C#CCOc1ccc(/C=C2\NC(=S)N(CCC)C2=O)cc1. The Labute approximate surface area is 129 Å². The van der Waals surface area contributed by atoms with Gasteiger partial charge in [0.1, 0.15) is 18.1 Å². The van der Waals surface area contributed by atoms with Crippen LogP contribution >= 0.6 is 12.2 Å². The summed E-state index contributed by atoms with van der Waals surface area (Å²) in [6, 6.07) is 7.34. The Kier molecular flexibility index (Phi) is 4.96. The number of carbonyl (C=O) groups is 1. The largest absolute Gasteiger partial charge is 0.481 e. The number of ether oxygens (including phenoxy) is 1. The summed E-state index contributed by atoms with van der Waals surface area (Å²) < 4.78 is 5.30. The molecule has 0 unspecified atom stereocenters. The maximum absolute atomic E-state index is 12.2. The van der Waals surface area contributed by atoms with E-state index in [4.69, 9.17) is 23.4 Å². The summed E-state index contributed by atoms with van der Waals surface area (Å²) in [6.07, 6.45) is 7.77. The van der Waals surface area contributed by atoms with Crippen molar-refractivity contribution < 1.29 is 9.53 Å². The van der Waals surface area contributed by atoms with E-state index in [1.54, 1.807) is 11.0 Å². The van der Waals surface area contributed by atoms with Gasteiger partial charge in [0, 0.05) is 6.54 Å². The van der Waals surface area contributed by atoms with Crippen LogP contribution in [-0.2, 0) is 4.79 Å². The van der Waals surface area contributed by atoms with Gasteiger partial charge in [-0.3, -0.25) is 9.69 Å². The number of nitrogens with one attached hydrogen (secondary N) is 1. The third-order valence-corrected chi connectivity index (χ3v) is 3.25. The first-order valence-corrected chi connectivity index (χ1v) is 7.07. The molecule has 1 amide bonds. The molecular formula is C16H16N2O2S. The van der Waals surface area contributed by atoms with E-state index in [-0.39, 0.29) is 12.5 Å². The number of amides is 1. The van der Waals surface area contributed by atoms with Crippen molar-refractivity contribution in [3.05, 3.63) is 35.5 Å². The zero-order chi connectivity index (χ0) is 15.2. The predicted octanol–water partition coefficient (Wildman–Crippen LogP) is 2.17. The molecule has 0 radical (unpaired) electrons. The highest BCUT2D eigenvalue weighted by Gasteiger charge is 2.29. The lowest BCUT2D eigenvalue weighted by Crippen LogP contribution is -2.31. The van der Waals surface area contributed by atoms with Crippen molar-refractivity contribution in [2.75, 3.05) is 13.2 Å². The second-order valence-electron chi connectivity index (χ2n) is 4.51. The lowest BCUT2D eigenvalue weighted by atomic mass is 10.2. The van der Waals surface area contributed by atoms with Crippen molar-refractivity contribution in [2.45, 2.75) is 13.3 Å². The molecule has 1 fully saturated rings. The third-order valence-electron chi connectivity index (χ3n) is 2.92. The number of benzene rings is 1. The highest BCUT2D eigenvalue weighted by atomic mass is 32.1. The molecule has 1 saturated heterocycles. The number of thiocarbonyl (C=S) groups is 1. The normalized spacial score (nSPS) is 16.0. The Balaban J connectivity index is 2.11. The Morgan fingerprint density at radius 3 is 2.76 bits per heavy atom. The van der Waals surface area contributed by atoms with Crippen LogP contribution < -0.4 is 10.1 Å². The molecule has 1 aromatic carbocycles. The van der Waals surface area contributed by atoms with E-state index in [0.717, 1.165) is 12.0 Å². The van der Waals surface area contributed by atoms with E-state index in [0.29, 0.717) is 23.1 Å². The van der Waals surface area contributed by atoms with E-state index < -0.39 is 0 Å². The van der Waals surface area contributed by atoms with Crippen LogP contribution in [0.4, 0.5) is 0 Å². The minimum Gasteiger partial charge on any atom is -0.481 e. The first-order chi connectivity index (χ1) is 10.2. The Morgan fingerprint density at radius 1 is 1.43 bits per heavy atom. The van der Waals surface area contributed by atoms with E-state index in [1.165, 1.54) is 0 Å². The van der Waals surface area contributed by atoms with Crippen molar-refractivity contribution >= 4 is 29.3 Å². The van der Waals surface area contributed by atoms with E-state index in [9.17, 15) is 4.79 Å². The van der Waals surface area contributed by atoms with Gasteiger partial charge in [-0.15, -0.1) is 6.42 Å². The molecular weight excluding hydrogens is 284 g/mol. The molecule has 0 spiro atoms. The van der Waals surface area contributed by atoms with Crippen molar-refractivity contribution in [3.8, 4) is 18.1 Å². The van der Waals surface area contributed by atoms with Gasteiger partial charge in [0.2, 0.25) is 0 Å². The topological polar surface area (TPSA) is 41.6 Å². The predicted molar refractivity (Wildman–Crippen MR) is 86.5 cm³/mol. The molecule has 1 aromatic rings. The molecule has 108 valence electrons. The summed E-state index contributed by atoms with van der Waals surface area (Å²) in [6.45, 7) is 2.87. The molecule has 21 heavy (non-hydrogen) atoms. The first kappa shape index (κ1) is 15.1. The Morgan fingerprint density at radius 2 is 2.14 bits per heavy atom. The van der Waals surface area contributed by atoms with Gasteiger partial charge in [-0.25, -0.2) is 0 Å². The van der Waals surface area contributed by atoms with E-state index >= 15 is 0 Å². The molecule has 0 saturated carbocycles. The van der Waals surface area contributed by atoms with Gasteiger partial charge in [-0.1, -0.05) is 25.0 Å². The van der Waals surface area contributed by atoms with Gasteiger partial charge >= 0.3 is 0 Å². The molecule has 1 aliphatic rings. The summed E-state index contributed by atoms with van der Waals surface area (Å²) in [5.74, 6) is 3.02. The van der Waals surface area contributed by atoms with Gasteiger partial charge in [0.15, 0.2) is 5.11 Å². The van der Waals surface area contributed by atoms with Crippen LogP contribution in [0.1, 0.15) is 18.9 Å². The van der Waals surface area contributed by atoms with E-state index in [2.05, 4.69) is 11.2 Å². The molecule has 0 atom stereocenters. The number of hydrogen-bond donors (Lipinski definition) is 1. The highest BCUT2D eigenvalue weighted by Crippen LogP contribution is 2.17. The fraction of sp³-hybridized carbons (Fsp3) is 0.250. The zero-order valence-electron chi connectivity index (χ0n) is 11.8. The minimum absolute atomic E-state index is 0.0884. The van der Waals surface area contributed by atoms with Crippen LogP contribution in [0.3, 0.4) is 0 Å². The lowest BCUT2D eigenvalue weighted by Gasteiger charge is -2.11. The lowest BCUT2D eigenvalue weighted by molar-refractivity contribution is -0.122. The monoisotopic (exact) mass is 300 g/mol. The fourth-order valence-corrected chi connectivity index (χ4v) is 2.23. The summed E-state index contributed by atoms with van der Waals surface area (Å²) >= 11 is 5.16. The third kappa shape index (κ3) is 3.61. The van der Waals surface area contributed by atoms with Crippen LogP contribution in [-0.4, -0.2) is 29.1 Å². The van der Waals surface area contributed by atoms with Crippen LogP contribution in [0, 0.1) is 12.3 Å².